The van der Waals surface area contributed by atoms with Crippen molar-refractivity contribution in [2.75, 3.05) is 12.0 Å². The zero-order valence-corrected chi connectivity index (χ0v) is 19.8. The lowest BCUT2D eigenvalue weighted by Crippen LogP contribution is -2.64. The Bertz CT molecular complexity index is 1250. The van der Waals surface area contributed by atoms with Gasteiger partial charge in [-0.1, -0.05) is 48.9 Å². The number of nitrogens with zero attached hydrogens (tertiary/aromatic N) is 3. The van der Waals surface area contributed by atoms with Gasteiger partial charge in [-0.05, 0) is 43.5 Å². The molecule has 1 aliphatic heterocycles. The van der Waals surface area contributed by atoms with E-state index < -0.39 is 17.4 Å². The van der Waals surface area contributed by atoms with Crippen LogP contribution in [0, 0.1) is 6.92 Å². The topological polar surface area (TPSA) is 93.5 Å². The van der Waals surface area contributed by atoms with Crippen LogP contribution in [0.15, 0.2) is 54.9 Å². The van der Waals surface area contributed by atoms with Crippen LogP contribution in [0.1, 0.15) is 51.5 Å². The molecule has 1 N–H and O–H groups in total. The van der Waals surface area contributed by atoms with Crippen molar-refractivity contribution in [3.8, 4) is 0 Å². The van der Waals surface area contributed by atoms with Crippen LogP contribution in [0.5, 0.6) is 0 Å². The molecular formula is C26H28N4O4. The van der Waals surface area contributed by atoms with E-state index in [9.17, 15) is 14.4 Å². The summed E-state index contributed by atoms with van der Waals surface area (Å²) in [6.07, 6.45) is 2.18. The molecule has 0 spiro atoms. The fourth-order valence-electron chi connectivity index (χ4n) is 4.27. The quantitative estimate of drug-likeness (QED) is 0.570. The first-order valence-electron chi connectivity index (χ1n) is 11.2. The zero-order chi connectivity index (χ0) is 24.5. The smallest absolute Gasteiger partial charge is 0.359 e. The highest BCUT2D eigenvalue weighted by Crippen LogP contribution is 2.34. The summed E-state index contributed by atoms with van der Waals surface area (Å²) in [6.45, 7) is 6.22. The Morgan fingerprint density at radius 1 is 1.15 bits per heavy atom. The molecule has 0 saturated heterocycles. The van der Waals surface area contributed by atoms with Crippen LogP contribution in [0.4, 0.5) is 5.69 Å². The number of hydrogen-bond acceptors (Lipinski definition) is 5. The lowest BCUT2D eigenvalue weighted by Gasteiger charge is -2.43. The highest BCUT2D eigenvalue weighted by molar-refractivity contribution is 6.15. The minimum Gasteiger partial charge on any atom is -0.464 e. The maximum atomic E-state index is 13.8. The number of anilines is 1. The predicted molar refractivity (Wildman–Crippen MR) is 128 cm³/mol. The van der Waals surface area contributed by atoms with E-state index in [2.05, 4.69) is 10.3 Å². The van der Waals surface area contributed by atoms with Crippen molar-refractivity contribution in [1.82, 2.24) is 14.9 Å². The van der Waals surface area contributed by atoms with E-state index in [0.29, 0.717) is 12.2 Å². The van der Waals surface area contributed by atoms with Crippen molar-refractivity contribution < 1.29 is 19.1 Å². The molecule has 2 amide bonds. The van der Waals surface area contributed by atoms with Crippen LogP contribution in [0.2, 0.25) is 0 Å². The van der Waals surface area contributed by atoms with E-state index >= 15 is 0 Å². The molecule has 0 fully saturated rings. The third kappa shape index (κ3) is 4.07. The number of methoxy groups -OCH3 is 1. The Kier molecular flexibility index (Phi) is 6.24. The van der Waals surface area contributed by atoms with Gasteiger partial charge in [-0.15, -0.1) is 0 Å². The number of benzene rings is 2. The molecule has 1 aromatic heterocycles. The van der Waals surface area contributed by atoms with Crippen LogP contribution >= 0.6 is 0 Å². The monoisotopic (exact) mass is 460 g/mol. The summed E-state index contributed by atoms with van der Waals surface area (Å²) in [4.78, 5) is 45.3. The van der Waals surface area contributed by atoms with E-state index in [-0.39, 0.29) is 23.8 Å². The first-order valence-corrected chi connectivity index (χ1v) is 11.2. The normalized spacial score (nSPS) is 17.3. The lowest BCUT2D eigenvalue weighted by molar-refractivity contribution is -0.126. The molecule has 0 radical (unpaired) electrons. The van der Waals surface area contributed by atoms with Crippen molar-refractivity contribution in [1.29, 1.82) is 0 Å². The number of rotatable bonds is 6. The SMILES string of the molecule is CCc1cccc(N2C(=O)c3c(C(=O)OC)ncn3CC2(C)C(=O)NCc2ccc(C)cc2)c1. The molecule has 2 aromatic carbocycles. The summed E-state index contributed by atoms with van der Waals surface area (Å²) in [5.41, 5.74) is 2.50. The number of esters is 1. The second kappa shape index (κ2) is 9.13. The zero-order valence-electron chi connectivity index (χ0n) is 19.8. The van der Waals surface area contributed by atoms with Gasteiger partial charge in [-0.3, -0.25) is 14.5 Å². The molecule has 4 rings (SSSR count). The maximum Gasteiger partial charge on any atom is 0.359 e. The van der Waals surface area contributed by atoms with Crippen molar-refractivity contribution in [2.45, 2.75) is 45.8 Å². The number of amides is 2. The maximum absolute atomic E-state index is 13.8. The first kappa shape index (κ1) is 23.2. The Labute approximate surface area is 198 Å². The Morgan fingerprint density at radius 2 is 1.88 bits per heavy atom. The number of carbonyl (C=O) groups excluding carboxylic acids is 3. The average molecular weight is 461 g/mol. The number of fused-ring (bicyclic) bond motifs is 1. The van der Waals surface area contributed by atoms with E-state index in [4.69, 9.17) is 4.74 Å². The second-order valence-corrected chi connectivity index (χ2v) is 8.67. The van der Waals surface area contributed by atoms with Gasteiger partial charge >= 0.3 is 5.97 Å². The second-order valence-electron chi connectivity index (χ2n) is 8.67. The molecular weight excluding hydrogens is 432 g/mol. The molecule has 8 nitrogen and oxygen atoms in total. The Morgan fingerprint density at radius 3 is 2.56 bits per heavy atom. The molecule has 8 heteroatoms. The lowest BCUT2D eigenvalue weighted by atomic mass is 9.92. The van der Waals surface area contributed by atoms with Crippen LogP contribution in [-0.4, -0.2) is 40.0 Å². The number of carbonyl (C=O) groups is 3. The molecule has 3 aromatic rings. The van der Waals surface area contributed by atoms with Gasteiger partial charge in [0.05, 0.1) is 20.0 Å². The van der Waals surface area contributed by atoms with Gasteiger partial charge in [-0.2, -0.15) is 0 Å². The molecule has 0 bridgehead atoms. The summed E-state index contributed by atoms with van der Waals surface area (Å²) >= 11 is 0. The number of aromatic nitrogens is 2. The molecule has 176 valence electrons. The highest BCUT2D eigenvalue weighted by atomic mass is 16.5. The number of aryl methyl sites for hydroxylation is 2. The third-order valence-corrected chi connectivity index (χ3v) is 6.23. The average Bonchev–Trinajstić information content (AvgIpc) is 3.26. The van der Waals surface area contributed by atoms with Crippen molar-refractivity contribution >= 4 is 23.5 Å². The Balaban J connectivity index is 1.75. The minimum atomic E-state index is -1.25. The summed E-state index contributed by atoms with van der Waals surface area (Å²) in [6, 6.07) is 15.4. The van der Waals surface area contributed by atoms with E-state index in [0.717, 1.165) is 23.1 Å². The molecule has 1 atom stereocenters. The van der Waals surface area contributed by atoms with Gasteiger partial charge in [0, 0.05) is 12.2 Å². The van der Waals surface area contributed by atoms with Crippen LogP contribution in [-0.2, 0) is 29.0 Å². The van der Waals surface area contributed by atoms with Crippen molar-refractivity contribution in [3.63, 3.8) is 0 Å². The van der Waals surface area contributed by atoms with Gasteiger partial charge in [0.2, 0.25) is 5.91 Å². The molecule has 2 heterocycles. The van der Waals surface area contributed by atoms with Crippen LogP contribution in [0.3, 0.4) is 0 Å². The van der Waals surface area contributed by atoms with Gasteiger partial charge in [-0.25, -0.2) is 9.78 Å². The molecule has 1 aliphatic rings. The van der Waals surface area contributed by atoms with Gasteiger partial charge in [0.15, 0.2) is 5.69 Å². The number of imidazole rings is 1. The highest BCUT2D eigenvalue weighted by Gasteiger charge is 2.49. The first-order chi connectivity index (χ1) is 16.3. The van der Waals surface area contributed by atoms with Gasteiger partial charge in [0.1, 0.15) is 11.2 Å². The number of hydrogen-bond donors (Lipinski definition) is 1. The molecule has 0 aliphatic carbocycles. The summed E-state index contributed by atoms with van der Waals surface area (Å²) in [7, 11) is 1.24. The molecule has 34 heavy (non-hydrogen) atoms. The summed E-state index contributed by atoms with van der Waals surface area (Å²) < 4.78 is 6.37. The fourth-order valence-corrected chi connectivity index (χ4v) is 4.27. The molecule has 1 unspecified atom stereocenters. The summed E-state index contributed by atoms with van der Waals surface area (Å²) in [5, 5.41) is 2.99. The van der Waals surface area contributed by atoms with Crippen LogP contribution in [0.25, 0.3) is 0 Å². The number of ether oxygens (including phenoxy) is 1. The van der Waals surface area contributed by atoms with E-state index in [1.807, 2.05) is 56.3 Å². The van der Waals surface area contributed by atoms with E-state index in [1.54, 1.807) is 17.6 Å². The third-order valence-electron chi connectivity index (χ3n) is 6.23. The fraction of sp³-hybridized carbons (Fsp3) is 0.308. The van der Waals surface area contributed by atoms with Crippen molar-refractivity contribution in [2.24, 2.45) is 0 Å². The van der Waals surface area contributed by atoms with Gasteiger partial charge in [0.25, 0.3) is 5.91 Å². The largest absolute Gasteiger partial charge is 0.464 e. The van der Waals surface area contributed by atoms with Gasteiger partial charge < -0.3 is 14.6 Å². The molecule has 0 saturated carbocycles. The predicted octanol–water partition coefficient (Wildman–Crippen LogP) is 3.28. The van der Waals surface area contributed by atoms with Crippen molar-refractivity contribution in [3.05, 3.63) is 82.9 Å². The minimum absolute atomic E-state index is 0.0636. The van der Waals surface area contributed by atoms with Crippen LogP contribution < -0.4 is 10.2 Å². The Hall–Kier alpha value is -3.94. The number of nitrogens with one attached hydrogen (secondary N) is 1. The van der Waals surface area contributed by atoms with E-state index in [1.165, 1.54) is 18.3 Å². The summed E-state index contributed by atoms with van der Waals surface area (Å²) in [5.74, 6) is -1.48. The standard InChI is InChI=1S/C26H28N4O4/c1-5-18-7-6-8-20(13-18)30-23(31)22-21(24(32)34-4)28-16-29(22)15-26(30,3)25(33)27-14-19-11-9-17(2)10-12-19/h6-13,16H,5,14-15H2,1-4H3,(H,27,33).